The van der Waals surface area contributed by atoms with Crippen molar-refractivity contribution < 1.29 is 9.53 Å². The van der Waals surface area contributed by atoms with Gasteiger partial charge in [-0.15, -0.1) is 13.2 Å². The van der Waals surface area contributed by atoms with Crippen LogP contribution in [0.25, 0.3) is 0 Å². The van der Waals surface area contributed by atoms with Crippen molar-refractivity contribution in [3.8, 4) is 0 Å². The molecule has 0 aromatic rings. The van der Waals surface area contributed by atoms with E-state index in [4.69, 9.17) is 4.74 Å². The number of rotatable bonds is 5. The van der Waals surface area contributed by atoms with Crippen LogP contribution in [0.4, 0.5) is 0 Å². The number of hydrogen-bond donors (Lipinski definition) is 0. The third kappa shape index (κ3) is 6.84. The van der Waals surface area contributed by atoms with Gasteiger partial charge in [-0.25, -0.2) is 0 Å². The molecule has 0 aliphatic rings. The van der Waals surface area contributed by atoms with E-state index in [1.807, 2.05) is 6.92 Å². The van der Waals surface area contributed by atoms with Crippen molar-refractivity contribution in [1.29, 1.82) is 0 Å². The molecule has 0 spiro atoms. The van der Waals surface area contributed by atoms with E-state index < -0.39 is 0 Å². The maximum Gasteiger partial charge on any atom is 0.309 e. The molecule has 0 heterocycles. The maximum absolute atomic E-state index is 10.7. The lowest BCUT2D eigenvalue weighted by Crippen LogP contribution is -2.04. The number of carbonyl (C=O) groups is 1. The van der Waals surface area contributed by atoms with Crippen molar-refractivity contribution >= 4 is 5.97 Å². The predicted molar refractivity (Wildman–Crippen MR) is 45.2 cm³/mol. The van der Waals surface area contributed by atoms with E-state index in [9.17, 15) is 4.79 Å². The van der Waals surface area contributed by atoms with Gasteiger partial charge in [-0.2, -0.15) is 0 Å². The Balaban J connectivity index is 3.31. The molecule has 0 aliphatic heterocycles. The molecule has 11 heavy (non-hydrogen) atoms. The second-order valence-electron chi connectivity index (χ2n) is 2.42. The SMILES string of the molecule is C=CCC(=O)OCCC(=C)C. The third-order valence-corrected chi connectivity index (χ3v) is 1.10. The molecule has 0 radical (unpaired) electrons. The molecule has 2 heteroatoms. The van der Waals surface area contributed by atoms with Gasteiger partial charge in [0.2, 0.25) is 0 Å². The summed E-state index contributed by atoms with van der Waals surface area (Å²) in [5, 5.41) is 0. The molecule has 0 fully saturated rings. The van der Waals surface area contributed by atoms with Gasteiger partial charge >= 0.3 is 5.97 Å². The van der Waals surface area contributed by atoms with Crippen molar-refractivity contribution in [1.82, 2.24) is 0 Å². The van der Waals surface area contributed by atoms with E-state index in [-0.39, 0.29) is 12.4 Å². The first-order valence-electron chi connectivity index (χ1n) is 3.57. The van der Waals surface area contributed by atoms with Crippen LogP contribution in [0, 0.1) is 0 Å². The Kier molecular flexibility index (Phi) is 5.17. The van der Waals surface area contributed by atoms with Crippen LogP contribution in [0.3, 0.4) is 0 Å². The first-order valence-corrected chi connectivity index (χ1v) is 3.57. The van der Waals surface area contributed by atoms with Crippen LogP contribution >= 0.6 is 0 Å². The minimum Gasteiger partial charge on any atom is -0.465 e. The lowest BCUT2D eigenvalue weighted by Gasteiger charge is -2.01. The fourth-order valence-electron chi connectivity index (χ4n) is 0.516. The van der Waals surface area contributed by atoms with Gasteiger partial charge in [-0.05, 0) is 6.92 Å². The first-order chi connectivity index (χ1) is 5.16. The van der Waals surface area contributed by atoms with Crippen LogP contribution in [0.15, 0.2) is 24.8 Å². The molecule has 62 valence electrons. The molecule has 0 aromatic carbocycles. The zero-order valence-corrected chi connectivity index (χ0v) is 6.93. The van der Waals surface area contributed by atoms with E-state index in [2.05, 4.69) is 13.2 Å². The van der Waals surface area contributed by atoms with Gasteiger partial charge in [0.15, 0.2) is 0 Å². The van der Waals surface area contributed by atoms with Gasteiger partial charge in [0.05, 0.1) is 13.0 Å². The number of ether oxygens (including phenoxy) is 1. The molecular weight excluding hydrogens is 140 g/mol. The van der Waals surface area contributed by atoms with Gasteiger partial charge in [0, 0.05) is 6.42 Å². The molecule has 0 amide bonds. The average Bonchev–Trinajstić information content (AvgIpc) is 1.87. The number of hydrogen-bond acceptors (Lipinski definition) is 2. The highest BCUT2D eigenvalue weighted by atomic mass is 16.5. The summed E-state index contributed by atoms with van der Waals surface area (Å²) in [6, 6.07) is 0. The molecule has 0 unspecified atom stereocenters. The summed E-state index contributed by atoms with van der Waals surface area (Å²) in [5.74, 6) is -0.221. The summed E-state index contributed by atoms with van der Waals surface area (Å²) in [6.45, 7) is 9.45. The average molecular weight is 154 g/mol. The summed E-state index contributed by atoms with van der Waals surface area (Å²) < 4.78 is 4.82. The van der Waals surface area contributed by atoms with Crippen molar-refractivity contribution in [3.05, 3.63) is 24.8 Å². The van der Waals surface area contributed by atoms with E-state index in [1.165, 1.54) is 6.08 Å². The summed E-state index contributed by atoms with van der Waals surface area (Å²) in [4.78, 5) is 10.7. The van der Waals surface area contributed by atoms with Gasteiger partial charge in [0.25, 0.3) is 0 Å². The minimum atomic E-state index is -0.221. The molecule has 0 N–H and O–H groups in total. The quantitative estimate of drug-likeness (QED) is 0.447. The monoisotopic (exact) mass is 154 g/mol. The van der Waals surface area contributed by atoms with Crippen molar-refractivity contribution in [2.45, 2.75) is 19.8 Å². The molecule has 0 saturated carbocycles. The molecule has 0 saturated heterocycles. The Labute approximate surface area is 67.6 Å². The van der Waals surface area contributed by atoms with Gasteiger partial charge in [-0.3, -0.25) is 4.79 Å². The predicted octanol–water partition coefficient (Wildman–Crippen LogP) is 2.07. The second kappa shape index (κ2) is 5.71. The lowest BCUT2D eigenvalue weighted by molar-refractivity contribution is -0.142. The summed E-state index contributed by atoms with van der Waals surface area (Å²) in [7, 11) is 0. The highest BCUT2D eigenvalue weighted by Crippen LogP contribution is 1.96. The highest BCUT2D eigenvalue weighted by molar-refractivity contribution is 5.70. The fraction of sp³-hybridized carbons (Fsp3) is 0.444. The third-order valence-electron chi connectivity index (χ3n) is 1.10. The Morgan fingerprint density at radius 3 is 2.73 bits per heavy atom. The molecular formula is C9H14O2. The summed E-state index contributed by atoms with van der Waals surface area (Å²) in [6.07, 6.45) is 2.56. The van der Waals surface area contributed by atoms with E-state index in [0.717, 1.165) is 12.0 Å². The molecule has 0 aliphatic carbocycles. The Bertz CT molecular complexity index is 159. The zero-order valence-electron chi connectivity index (χ0n) is 6.93. The topological polar surface area (TPSA) is 26.3 Å². The maximum atomic E-state index is 10.7. The Hall–Kier alpha value is -1.05. The largest absolute Gasteiger partial charge is 0.465 e. The van der Waals surface area contributed by atoms with Crippen molar-refractivity contribution in [2.24, 2.45) is 0 Å². The molecule has 0 rings (SSSR count). The normalized spacial score (nSPS) is 8.82. The molecule has 0 bridgehead atoms. The highest BCUT2D eigenvalue weighted by Gasteiger charge is 1.97. The molecule has 0 aromatic heterocycles. The molecule has 2 nitrogen and oxygen atoms in total. The lowest BCUT2D eigenvalue weighted by atomic mass is 10.3. The van der Waals surface area contributed by atoms with Crippen LogP contribution in [-0.4, -0.2) is 12.6 Å². The van der Waals surface area contributed by atoms with Gasteiger partial charge < -0.3 is 4.74 Å². The zero-order chi connectivity index (χ0) is 8.69. The van der Waals surface area contributed by atoms with Crippen molar-refractivity contribution in [2.75, 3.05) is 6.61 Å². The van der Waals surface area contributed by atoms with Crippen molar-refractivity contribution in [3.63, 3.8) is 0 Å². The molecule has 0 atom stereocenters. The van der Waals surface area contributed by atoms with Gasteiger partial charge in [-0.1, -0.05) is 11.6 Å². The van der Waals surface area contributed by atoms with E-state index in [1.54, 1.807) is 0 Å². The van der Waals surface area contributed by atoms with Crippen LogP contribution in [0.2, 0.25) is 0 Å². The van der Waals surface area contributed by atoms with Crippen LogP contribution in [-0.2, 0) is 9.53 Å². The van der Waals surface area contributed by atoms with Crippen LogP contribution in [0.5, 0.6) is 0 Å². The second-order valence-corrected chi connectivity index (χ2v) is 2.42. The minimum absolute atomic E-state index is 0.221. The fourth-order valence-corrected chi connectivity index (χ4v) is 0.516. The van der Waals surface area contributed by atoms with E-state index >= 15 is 0 Å². The first kappa shape index (κ1) is 9.95. The number of carbonyl (C=O) groups excluding carboxylic acids is 1. The Morgan fingerprint density at radius 2 is 2.27 bits per heavy atom. The van der Waals surface area contributed by atoms with Crippen LogP contribution < -0.4 is 0 Å². The standard InChI is InChI=1S/C9H14O2/c1-4-5-9(10)11-7-6-8(2)3/h4H,1-2,5-7H2,3H3. The Morgan fingerprint density at radius 1 is 1.64 bits per heavy atom. The summed E-state index contributed by atoms with van der Waals surface area (Å²) >= 11 is 0. The number of esters is 1. The van der Waals surface area contributed by atoms with Gasteiger partial charge in [0.1, 0.15) is 0 Å². The smallest absolute Gasteiger partial charge is 0.309 e. The van der Waals surface area contributed by atoms with Crippen LogP contribution in [0.1, 0.15) is 19.8 Å². The van der Waals surface area contributed by atoms with E-state index in [0.29, 0.717) is 6.61 Å². The summed E-state index contributed by atoms with van der Waals surface area (Å²) in [5.41, 5.74) is 1.02.